The monoisotopic (exact) mass is 247 g/mol. The van der Waals surface area contributed by atoms with E-state index in [0.29, 0.717) is 17.2 Å². The van der Waals surface area contributed by atoms with Crippen molar-refractivity contribution in [3.8, 4) is 0 Å². The van der Waals surface area contributed by atoms with Gasteiger partial charge in [0.15, 0.2) is 0 Å². The van der Waals surface area contributed by atoms with Crippen molar-refractivity contribution < 1.29 is 4.79 Å². The van der Waals surface area contributed by atoms with Gasteiger partial charge in [-0.15, -0.1) is 0 Å². The lowest BCUT2D eigenvalue weighted by Gasteiger charge is -2.25. The summed E-state index contributed by atoms with van der Waals surface area (Å²) < 4.78 is 0. The second-order valence-electron chi connectivity index (χ2n) is 5.17. The van der Waals surface area contributed by atoms with Crippen LogP contribution in [0.5, 0.6) is 0 Å². The summed E-state index contributed by atoms with van der Waals surface area (Å²) in [5.74, 6) is 0.645. The molecule has 3 N–H and O–H groups in total. The molecule has 0 atom stereocenters. The fourth-order valence-corrected chi connectivity index (χ4v) is 2.14. The molecule has 0 bridgehead atoms. The van der Waals surface area contributed by atoms with E-state index in [2.05, 4.69) is 5.32 Å². The molecular formula is C14H21N3O. The van der Waals surface area contributed by atoms with Gasteiger partial charge in [-0.2, -0.15) is 0 Å². The summed E-state index contributed by atoms with van der Waals surface area (Å²) in [4.78, 5) is 13.9. The minimum Gasteiger partial charge on any atom is -0.397 e. The molecule has 1 aromatic carbocycles. The molecule has 0 saturated heterocycles. The summed E-state index contributed by atoms with van der Waals surface area (Å²) >= 11 is 0. The Morgan fingerprint density at radius 1 is 1.44 bits per heavy atom. The number of hydrogen-bond acceptors (Lipinski definition) is 3. The van der Waals surface area contributed by atoms with Gasteiger partial charge in [0.25, 0.3) is 5.91 Å². The Hall–Kier alpha value is -1.71. The predicted molar refractivity (Wildman–Crippen MR) is 74.9 cm³/mol. The Balaban J connectivity index is 1.99. The molecule has 1 fully saturated rings. The molecule has 0 aliphatic heterocycles. The van der Waals surface area contributed by atoms with Crippen LogP contribution >= 0.6 is 0 Å². The zero-order valence-electron chi connectivity index (χ0n) is 11.1. The van der Waals surface area contributed by atoms with Crippen LogP contribution in [0.15, 0.2) is 18.2 Å². The maximum absolute atomic E-state index is 11.9. The van der Waals surface area contributed by atoms with Gasteiger partial charge in [0, 0.05) is 26.2 Å². The molecule has 4 nitrogen and oxygen atoms in total. The van der Waals surface area contributed by atoms with Crippen LogP contribution in [0.1, 0.15) is 29.6 Å². The van der Waals surface area contributed by atoms with Gasteiger partial charge in [-0.3, -0.25) is 4.79 Å². The first kappa shape index (κ1) is 12.7. The lowest BCUT2D eigenvalue weighted by molar-refractivity contribution is 0.0939. The highest BCUT2D eigenvalue weighted by Gasteiger charge is 2.18. The van der Waals surface area contributed by atoms with Crippen molar-refractivity contribution in [3.05, 3.63) is 23.8 Å². The number of nitrogen functional groups attached to an aromatic ring is 1. The molecule has 4 heteroatoms. The van der Waals surface area contributed by atoms with Crippen LogP contribution in [0.4, 0.5) is 11.4 Å². The van der Waals surface area contributed by atoms with Crippen LogP contribution in [-0.2, 0) is 0 Å². The third kappa shape index (κ3) is 2.75. The molecule has 0 aromatic heterocycles. The largest absolute Gasteiger partial charge is 0.397 e. The normalized spacial score (nSPS) is 15.0. The van der Waals surface area contributed by atoms with Gasteiger partial charge in [0.1, 0.15) is 0 Å². The third-order valence-electron chi connectivity index (χ3n) is 3.55. The summed E-state index contributed by atoms with van der Waals surface area (Å²) in [6.45, 7) is 0.786. The molecule has 98 valence electrons. The Morgan fingerprint density at radius 3 is 2.67 bits per heavy atom. The van der Waals surface area contributed by atoms with Crippen molar-refractivity contribution in [3.63, 3.8) is 0 Å². The van der Waals surface area contributed by atoms with E-state index in [1.165, 1.54) is 19.3 Å². The van der Waals surface area contributed by atoms with Crippen LogP contribution < -0.4 is 16.0 Å². The van der Waals surface area contributed by atoms with E-state index in [9.17, 15) is 4.79 Å². The molecule has 0 heterocycles. The minimum atomic E-state index is -0.0288. The number of carbonyl (C=O) groups excluding carboxylic acids is 1. The van der Waals surface area contributed by atoms with E-state index < -0.39 is 0 Å². The maximum atomic E-state index is 11.9. The lowest BCUT2D eigenvalue weighted by atomic mass is 9.85. The van der Waals surface area contributed by atoms with Crippen LogP contribution in [0.2, 0.25) is 0 Å². The standard InChI is InChI=1S/C14H21N3O/c1-17(2)13-7-6-11(8-12(13)15)14(18)16-9-10-4-3-5-10/h6-8,10H,3-5,9,15H2,1-2H3,(H,16,18). The third-order valence-corrected chi connectivity index (χ3v) is 3.55. The van der Waals surface area contributed by atoms with Crippen LogP contribution in [0, 0.1) is 5.92 Å². The fraction of sp³-hybridized carbons (Fsp3) is 0.500. The van der Waals surface area contributed by atoms with Gasteiger partial charge in [-0.25, -0.2) is 0 Å². The number of hydrogen-bond donors (Lipinski definition) is 2. The predicted octanol–water partition coefficient (Wildman–Crippen LogP) is 1.86. The molecule has 1 aliphatic rings. The number of rotatable bonds is 4. The van der Waals surface area contributed by atoms with Gasteiger partial charge in [0.05, 0.1) is 11.4 Å². The number of nitrogens with zero attached hydrogens (tertiary/aromatic N) is 1. The average molecular weight is 247 g/mol. The fourth-order valence-electron chi connectivity index (χ4n) is 2.14. The number of carbonyl (C=O) groups is 1. The molecule has 0 radical (unpaired) electrons. The smallest absolute Gasteiger partial charge is 0.251 e. The molecule has 1 amide bonds. The van der Waals surface area contributed by atoms with E-state index in [1.807, 2.05) is 31.1 Å². The van der Waals surface area contributed by atoms with E-state index in [0.717, 1.165) is 12.2 Å². The molecule has 1 saturated carbocycles. The van der Waals surface area contributed by atoms with E-state index >= 15 is 0 Å². The topological polar surface area (TPSA) is 58.4 Å². The van der Waals surface area contributed by atoms with Gasteiger partial charge in [-0.05, 0) is 37.0 Å². The summed E-state index contributed by atoms with van der Waals surface area (Å²) in [6, 6.07) is 5.45. The van der Waals surface area contributed by atoms with Crippen molar-refractivity contribution in [2.45, 2.75) is 19.3 Å². The molecule has 18 heavy (non-hydrogen) atoms. The summed E-state index contributed by atoms with van der Waals surface area (Å²) in [6.07, 6.45) is 3.77. The van der Waals surface area contributed by atoms with Crippen LogP contribution in [0.25, 0.3) is 0 Å². The molecule has 0 spiro atoms. The molecule has 2 rings (SSSR count). The van der Waals surface area contributed by atoms with E-state index in [4.69, 9.17) is 5.73 Å². The van der Waals surface area contributed by atoms with Gasteiger partial charge >= 0.3 is 0 Å². The minimum absolute atomic E-state index is 0.0288. The maximum Gasteiger partial charge on any atom is 0.251 e. The Bertz CT molecular complexity index is 439. The zero-order valence-corrected chi connectivity index (χ0v) is 11.1. The van der Waals surface area contributed by atoms with Crippen molar-refractivity contribution in [2.75, 3.05) is 31.3 Å². The molecule has 1 aromatic rings. The second-order valence-corrected chi connectivity index (χ2v) is 5.17. The second kappa shape index (κ2) is 5.29. The first-order chi connectivity index (χ1) is 8.58. The number of anilines is 2. The quantitative estimate of drug-likeness (QED) is 0.798. The summed E-state index contributed by atoms with van der Waals surface area (Å²) in [5.41, 5.74) is 8.14. The Kier molecular flexibility index (Phi) is 3.75. The van der Waals surface area contributed by atoms with Crippen molar-refractivity contribution in [2.24, 2.45) is 5.92 Å². The van der Waals surface area contributed by atoms with Crippen molar-refractivity contribution >= 4 is 17.3 Å². The number of benzene rings is 1. The first-order valence-corrected chi connectivity index (χ1v) is 6.43. The number of nitrogens with one attached hydrogen (secondary N) is 1. The zero-order chi connectivity index (χ0) is 13.1. The van der Waals surface area contributed by atoms with E-state index in [-0.39, 0.29) is 5.91 Å². The van der Waals surface area contributed by atoms with Gasteiger partial charge in [0.2, 0.25) is 0 Å². The van der Waals surface area contributed by atoms with Crippen LogP contribution in [-0.4, -0.2) is 26.5 Å². The summed E-state index contributed by atoms with van der Waals surface area (Å²) in [7, 11) is 3.87. The molecule has 0 unspecified atom stereocenters. The van der Waals surface area contributed by atoms with Crippen molar-refractivity contribution in [1.82, 2.24) is 5.32 Å². The van der Waals surface area contributed by atoms with Crippen molar-refractivity contribution in [1.29, 1.82) is 0 Å². The average Bonchev–Trinajstić information content (AvgIpc) is 2.26. The van der Waals surface area contributed by atoms with Crippen LogP contribution in [0.3, 0.4) is 0 Å². The number of amides is 1. The number of nitrogens with two attached hydrogens (primary N) is 1. The summed E-state index contributed by atoms with van der Waals surface area (Å²) in [5, 5.41) is 2.97. The van der Waals surface area contributed by atoms with Gasteiger partial charge in [-0.1, -0.05) is 6.42 Å². The van der Waals surface area contributed by atoms with E-state index in [1.54, 1.807) is 6.07 Å². The Labute approximate surface area is 108 Å². The SMILES string of the molecule is CN(C)c1ccc(C(=O)NCC2CCC2)cc1N. The van der Waals surface area contributed by atoms with Gasteiger partial charge < -0.3 is 16.0 Å². The highest BCUT2D eigenvalue weighted by atomic mass is 16.1. The lowest BCUT2D eigenvalue weighted by Crippen LogP contribution is -2.32. The highest BCUT2D eigenvalue weighted by Crippen LogP contribution is 2.25. The molecule has 1 aliphatic carbocycles. The first-order valence-electron chi connectivity index (χ1n) is 6.43. The Morgan fingerprint density at radius 2 is 2.17 bits per heavy atom. The molecular weight excluding hydrogens is 226 g/mol. The highest BCUT2D eigenvalue weighted by molar-refractivity contribution is 5.96.